The van der Waals surface area contributed by atoms with Gasteiger partial charge >= 0.3 is 0 Å². The molecule has 0 rings (SSSR count). The topological polar surface area (TPSA) is 58.6 Å². The van der Waals surface area contributed by atoms with Crippen LogP contribution in [0.1, 0.15) is 26.7 Å². The van der Waals surface area contributed by atoms with E-state index >= 15 is 0 Å². The highest BCUT2D eigenvalue weighted by Crippen LogP contribution is 1.98. The van der Waals surface area contributed by atoms with E-state index < -0.39 is 6.10 Å². The third kappa shape index (κ3) is 6.25. The van der Waals surface area contributed by atoms with Crippen LogP contribution >= 0.6 is 0 Å². The fourth-order valence-corrected chi connectivity index (χ4v) is 1.12. The van der Waals surface area contributed by atoms with Crippen molar-refractivity contribution in [3.05, 3.63) is 12.2 Å². The molecule has 1 amide bonds. The molecule has 0 spiro atoms. The average Bonchev–Trinajstić information content (AvgIpc) is 2.24. The highest BCUT2D eigenvalue weighted by Gasteiger charge is 2.17. The van der Waals surface area contributed by atoms with Crippen LogP contribution in [0, 0.1) is 0 Å². The second kappa shape index (κ2) is 8.44. The van der Waals surface area contributed by atoms with Gasteiger partial charge in [0.1, 0.15) is 0 Å². The molecule has 0 aliphatic heterocycles. The Morgan fingerprint density at radius 1 is 1.53 bits per heavy atom. The van der Waals surface area contributed by atoms with Crippen LogP contribution in [0.15, 0.2) is 12.2 Å². The number of ether oxygens (including phenoxy) is 1. The molecule has 2 atom stereocenters. The largest absolute Gasteiger partial charge is 0.387 e. The number of methoxy groups -OCH3 is 1. The molecule has 4 heteroatoms. The van der Waals surface area contributed by atoms with Crippen molar-refractivity contribution in [1.29, 1.82) is 0 Å². The lowest BCUT2D eigenvalue weighted by molar-refractivity contribution is -0.122. The maximum Gasteiger partial charge on any atom is 0.220 e. The number of rotatable bonds is 7. The number of hydrogen-bond donors (Lipinski definition) is 2. The third-order valence-electron chi connectivity index (χ3n) is 1.99. The molecule has 0 aromatic rings. The van der Waals surface area contributed by atoms with Crippen LogP contribution in [-0.4, -0.2) is 36.9 Å². The monoisotopic (exact) mass is 215 g/mol. The molecule has 0 unspecified atom stereocenters. The van der Waals surface area contributed by atoms with Crippen LogP contribution in [0.25, 0.3) is 0 Å². The summed E-state index contributed by atoms with van der Waals surface area (Å²) < 4.78 is 4.94. The smallest absolute Gasteiger partial charge is 0.220 e. The lowest BCUT2D eigenvalue weighted by Crippen LogP contribution is -2.45. The van der Waals surface area contributed by atoms with Crippen LogP contribution in [0.3, 0.4) is 0 Å². The minimum atomic E-state index is -0.694. The summed E-state index contributed by atoms with van der Waals surface area (Å²) in [5.74, 6) is -0.0824. The minimum Gasteiger partial charge on any atom is -0.387 e. The normalized spacial score (nSPS) is 15.2. The van der Waals surface area contributed by atoms with E-state index in [0.717, 1.165) is 6.42 Å². The van der Waals surface area contributed by atoms with Crippen LogP contribution in [0.2, 0.25) is 0 Å². The zero-order valence-electron chi connectivity index (χ0n) is 9.69. The van der Waals surface area contributed by atoms with Crippen molar-refractivity contribution in [2.75, 3.05) is 13.7 Å². The number of carbonyl (C=O) groups excluding carboxylic acids is 1. The Morgan fingerprint density at radius 2 is 2.20 bits per heavy atom. The summed E-state index contributed by atoms with van der Waals surface area (Å²) in [6.45, 7) is 4.06. The molecule has 15 heavy (non-hydrogen) atoms. The maximum atomic E-state index is 11.2. The van der Waals surface area contributed by atoms with Gasteiger partial charge < -0.3 is 15.2 Å². The first-order valence-corrected chi connectivity index (χ1v) is 5.28. The van der Waals surface area contributed by atoms with Crippen molar-refractivity contribution in [3.63, 3.8) is 0 Å². The maximum absolute atomic E-state index is 11.2. The van der Waals surface area contributed by atoms with Crippen LogP contribution in [0.5, 0.6) is 0 Å². The van der Waals surface area contributed by atoms with Crippen LogP contribution in [-0.2, 0) is 9.53 Å². The summed E-state index contributed by atoms with van der Waals surface area (Å²) in [5.41, 5.74) is 0. The van der Waals surface area contributed by atoms with E-state index in [1.807, 2.05) is 13.0 Å². The lowest BCUT2D eigenvalue weighted by Gasteiger charge is -2.21. The number of hydrogen-bond acceptors (Lipinski definition) is 3. The number of carbonyl (C=O) groups is 1. The number of allylic oxidation sites excluding steroid dienone is 1. The van der Waals surface area contributed by atoms with Gasteiger partial charge in [0.2, 0.25) is 5.91 Å². The second-order valence-electron chi connectivity index (χ2n) is 3.31. The van der Waals surface area contributed by atoms with Gasteiger partial charge in [0.05, 0.1) is 18.8 Å². The fraction of sp³-hybridized carbons (Fsp3) is 0.727. The van der Waals surface area contributed by atoms with Gasteiger partial charge in [-0.25, -0.2) is 0 Å². The molecular formula is C11H21NO3. The van der Waals surface area contributed by atoms with Gasteiger partial charge in [0.25, 0.3) is 0 Å². The predicted molar refractivity (Wildman–Crippen MR) is 59.5 cm³/mol. The van der Waals surface area contributed by atoms with Gasteiger partial charge in [-0.15, -0.1) is 0 Å². The zero-order valence-corrected chi connectivity index (χ0v) is 9.69. The Balaban J connectivity index is 4.23. The molecule has 0 heterocycles. The highest BCUT2D eigenvalue weighted by molar-refractivity contribution is 5.75. The van der Waals surface area contributed by atoms with Gasteiger partial charge in [-0.05, 0) is 6.42 Å². The summed E-state index contributed by atoms with van der Waals surface area (Å²) in [7, 11) is 1.54. The van der Waals surface area contributed by atoms with Crippen molar-refractivity contribution in [1.82, 2.24) is 5.32 Å². The van der Waals surface area contributed by atoms with E-state index in [0.29, 0.717) is 13.0 Å². The lowest BCUT2D eigenvalue weighted by atomic mass is 10.1. The first-order chi connectivity index (χ1) is 7.15. The molecular weight excluding hydrogens is 194 g/mol. The van der Waals surface area contributed by atoms with Crippen LogP contribution < -0.4 is 5.32 Å². The van der Waals surface area contributed by atoms with Gasteiger partial charge in [0, 0.05) is 13.5 Å². The highest BCUT2D eigenvalue weighted by atomic mass is 16.5. The van der Waals surface area contributed by atoms with Gasteiger partial charge in [-0.1, -0.05) is 26.0 Å². The summed E-state index contributed by atoms with van der Waals surface area (Å²) >= 11 is 0. The molecule has 0 aromatic carbocycles. The number of nitrogens with one attached hydrogen (secondary N) is 1. The fourth-order valence-electron chi connectivity index (χ4n) is 1.12. The number of amides is 1. The Labute approximate surface area is 91.3 Å². The average molecular weight is 215 g/mol. The quantitative estimate of drug-likeness (QED) is 0.619. The van der Waals surface area contributed by atoms with Gasteiger partial charge in [0.15, 0.2) is 0 Å². The first kappa shape index (κ1) is 14.1. The molecule has 0 saturated carbocycles. The van der Waals surface area contributed by atoms with E-state index in [4.69, 9.17) is 4.74 Å². The van der Waals surface area contributed by atoms with Crippen molar-refractivity contribution in [2.45, 2.75) is 38.8 Å². The van der Waals surface area contributed by atoms with E-state index in [1.165, 1.54) is 0 Å². The molecule has 4 nitrogen and oxygen atoms in total. The second-order valence-corrected chi connectivity index (χ2v) is 3.31. The first-order valence-electron chi connectivity index (χ1n) is 5.28. The zero-order chi connectivity index (χ0) is 11.7. The van der Waals surface area contributed by atoms with Crippen molar-refractivity contribution in [2.24, 2.45) is 0 Å². The molecule has 88 valence electrons. The Morgan fingerprint density at radius 3 is 2.67 bits per heavy atom. The van der Waals surface area contributed by atoms with Crippen molar-refractivity contribution >= 4 is 5.91 Å². The molecule has 0 aliphatic carbocycles. The summed E-state index contributed by atoms with van der Waals surface area (Å²) in [6.07, 6.45) is 4.12. The molecule has 2 N–H and O–H groups in total. The minimum absolute atomic E-state index is 0.0824. The van der Waals surface area contributed by atoms with E-state index in [1.54, 1.807) is 20.1 Å². The molecule has 0 bridgehead atoms. The van der Waals surface area contributed by atoms with E-state index in [-0.39, 0.29) is 11.9 Å². The van der Waals surface area contributed by atoms with Crippen molar-refractivity contribution < 1.29 is 14.6 Å². The summed E-state index contributed by atoms with van der Waals surface area (Å²) in [5, 5.41) is 12.4. The van der Waals surface area contributed by atoms with E-state index in [9.17, 15) is 9.90 Å². The van der Waals surface area contributed by atoms with Crippen molar-refractivity contribution in [3.8, 4) is 0 Å². The Bertz CT molecular complexity index is 204. The molecule has 0 saturated heterocycles. The van der Waals surface area contributed by atoms with Gasteiger partial charge in [-0.3, -0.25) is 4.79 Å². The van der Waals surface area contributed by atoms with Gasteiger partial charge in [-0.2, -0.15) is 0 Å². The van der Waals surface area contributed by atoms with E-state index in [2.05, 4.69) is 5.32 Å². The SMILES string of the molecule is CC/C=C/[C@@H](O)[C@H](COC)NC(=O)CC. The number of aliphatic hydroxyl groups is 1. The Hall–Kier alpha value is -0.870. The standard InChI is InChI=1S/C11H21NO3/c1-4-6-7-10(13)9(8-15-3)12-11(14)5-2/h6-7,9-10,13H,4-5,8H2,1-3H3,(H,12,14)/b7-6+/t9-,10+/m0/s1. The Kier molecular flexibility index (Phi) is 7.95. The molecule has 0 fully saturated rings. The number of aliphatic hydroxyl groups excluding tert-OH is 1. The third-order valence-corrected chi connectivity index (χ3v) is 1.99. The summed E-state index contributed by atoms with van der Waals surface area (Å²) in [4.78, 5) is 11.2. The summed E-state index contributed by atoms with van der Waals surface area (Å²) in [6, 6.07) is -0.370. The predicted octanol–water partition coefficient (Wildman–Crippen LogP) is 0.855. The molecule has 0 aromatic heterocycles. The molecule has 0 radical (unpaired) electrons. The molecule has 0 aliphatic rings. The van der Waals surface area contributed by atoms with Crippen LogP contribution in [0.4, 0.5) is 0 Å².